The Morgan fingerprint density at radius 2 is 2.27 bits per heavy atom. The third kappa shape index (κ3) is 2.03. The van der Waals surface area contributed by atoms with Crippen LogP contribution in [0.3, 0.4) is 0 Å². The van der Waals surface area contributed by atoms with E-state index in [9.17, 15) is 9.18 Å². The van der Waals surface area contributed by atoms with Crippen molar-refractivity contribution in [3.8, 4) is 0 Å². The third-order valence-corrected chi connectivity index (χ3v) is 3.01. The molecule has 1 aliphatic rings. The van der Waals surface area contributed by atoms with E-state index >= 15 is 0 Å². The van der Waals surface area contributed by atoms with E-state index in [1.165, 1.54) is 11.0 Å². The Labute approximate surface area is 95.2 Å². The molecule has 80 valence electrons. The molecule has 2 N–H and O–H groups in total. The van der Waals surface area contributed by atoms with Crippen LogP contribution in [0.15, 0.2) is 22.7 Å². The lowest BCUT2D eigenvalue weighted by Crippen LogP contribution is -2.27. The molecular weight excluding hydrogens is 263 g/mol. The Hall–Kier alpha value is -0.940. The molecule has 3 nitrogen and oxygen atoms in total. The van der Waals surface area contributed by atoms with Gasteiger partial charge in [-0.15, -0.1) is 0 Å². The highest BCUT2D eigenvalue weighted by Gasteiger charge is 2.28. The van der Waals surface area contributed by atoms with Crippen LogP contribution in [0.2, 0.25) is 0 Å². The summed E-state index contributed by atoms with van der Waals surface area (Å²) >= 11 is 3.06. The van der Waals surface area contributed by atoms with E-state index in [-0.39, 0.29) is 17.8 Å². The SMILES string of the molecule is NC1CC(=O)N(c2ccc(Br)c(F)c2)C1. The first-order chi connectivity index (χ1) is 7.08. The van der Waals surface area contributed by atoms with Crippen LogP contribution in [0.5, 0.6) is 0 Å². The van der Waals surface area contributed by atoms with Crippen LogP contribution in [0.4, 0.5) is 10.1 Å². The summed E-state index contributed by atoms with van der Waals surface area (Å²) in [5.74, 6) is -0.426. The van der Waals surface area contributed by atoms with Gasteiger partial charge in [-0.2, -0.15) is 0 Å². The zero-order chi connectivity index (χ0) is 11.0. The van der Waals surface area contributed by atoms with E-state index < -0.39 is 0 Å². The van der Waals surface area contributed by atoms with Crippen LogP contribution in [0.25, 0.3) is 0 Å². The maximum Gasteiger partial charge on any atom is 0.228 e. The zero-order valence-electron chi connectivity index (χ0n) is 7.91. The molecule has 1 fully saturated rings. The highest BCUT2D eigenvalue weighted by molar-refractivity contribution is 9.10. The molecule has 5 heteroatoms. The molecule has 0 aliphatic carbocycles. The van der Waals surface area contributed by atoms with Crippen LogP contribution in [0.1, 0.15) is 6.42 Å². The third-order valence-electron chi connectivity index (χ3n) is 2.37. The maximum absolute atomic E-state index is 13.2. The molecule has 1 atom stereocenters. The Balaban J connectivity index is 2.30. The second-order valence-electron chi connectivity index (χ2n) is 3.57. The normalized spacial score (nSPS) is 21.1. The summed E-state index contributed by atoms with van der Waals surface area (Å²) in [6.45, 7) is 0.458. The van der Waals surface area contributed by atoms with Gasteiger partial charge >= 0.3 is 0 Å². The Morgan fingerprint density at radius 1 is 1.53 bits per heavy atom. The zero-order valence-corrected chi connectivity index (χ0v) is 9.50. The molecule has 1 aromatic rings. The van der Waals surface area contributed by atoms with Gasteiger partial charge in [-0.25, -0.2) is 4.39 Å². The van der Waals surface area contributed by atoms with Crippen molar-refractivity contribution in [2.45, 2.75) is 12.5 Å². The first kappa shape index (κ1) is 10.6. The molecule has 1 aliphatic heterocycles. The molecule has 1 saturated heterocycles. The number of nitrogens with zero attached hydrogens (tertiary/aromatic N) is 1. The van der Waals surface area contributed by atoms with Gasteiger partial charge in [-0.05, 0) is 34.1 Å². The number of rotatable bonds is 1. The number of nitrogens with two attached hydrogens (primary N) is 1. The number of halogens is 2. The van der Waals surface area contributed by atoms with E-state index in [4.69, 9.17) is 5.73 Å². The average molecular weight is 273 g/mol. The summed E-state index contributed by atoms with van der Waals surface area (Å²) < 4.78 is 13.6. The molecule has 1 aromatic carbocycles. The lowest BCUT2D eigenvalue weighted by molar-refractivity contribution is -0.117. The van der Waals surface area contributed by atoms with Crippen molar-refractivity contribution in [2.75, 3.05) is 11.4 Å². The van der Waals surface area contributed by atoms with Gasteiger partial charge in [0.15, 0.2) is 0 Å². The number of amides is 1. The van der Waals surface area contributed by atoms with Crippen molar-refractivity contribution in [3.63, 3.8) is 0 Å². The van der Waals surface area contributed by atoms with Gasteiger partial charge in [0.25, 0.3) is 0 Å². The summed E-state index contributed by atoms with van der Waals surface area (Å²) in [7, 11) is 0. The van der Waals surface area contributed by atoms with Crippen molar-refractivity contribution >= 4 is 27.5 Å². The lowest BCUT2D eigenvalue weighted by atomic mass is 10.3. The molecular formula is C10H10BrFN2O. The monoisotopic (exact) mass is 272 g/mol. The summed E-state index contributed by atoms with van der Waals surface area (Å²) in [5, 5.41) is 0. The summed E-state index contributed by atoms with van der Waals surface area (Å²) in [5.41, 5.74) is 6.22. The van der Waals surface area contributed by atoms with Crippen LogP contribution in [-0.2, 0) is 4.79 Å². The van der Waals surface area contributed by atoms with Gasteiger partial charge < -0.3 is 10.6 Å². The van der Waals surface area contributed by atoms with Gasteiger partial charge in [-0.1, -0.05) is 0 Å². The second kappa shape index (κ2) is 3.90. The minimum absolute atomic E-state index is 0.0516. The first-order valence-corrected chi connectivity index (χ1v) is 5.38. The largest absolute Gasteiger partial charge is 0.326 e. The van der Waals surface area contributed by atoms with Crippen LogP contribution in [-0.4, -0.2) is 18.5 Å². The minimum atomic E-state index is -0.374. The van der Waals surface area contributed by atoms with Crippen molar-refractivity contribution < 1.29 is 9.18 Å². The first-order valence-electron chi connectivity index (χ1n) is 4.59. The van der Waals surface area contributed by atoms with E-state index in [2.05, 4.69) is 15.9 Å². The summed E-state index contributed by atoms with van der Waals surface area (Å²) in [6.07, 6.45) is 0.331. The molecule has 0 bridgehead atoms. The molecule has 0 saturated carbocycles. The Morgan fingerprint density at radius 3 is 2.80 bits per heavy atom. The summed E-state index contributed by atoms with van der Waals surface area (Å²) in [6, 6.07) is 4.47. The van der Waals surface area contributed by atoms with E-state index in [0.29, 0.717) is 23.1 Å². The predicted octanol–water partition coefficient (Wildman–Crippen LogP) is 1.65. The number of anilines is 1. The number of carbonyl (C=O) groups excluding carboxylic acids is 1. The predicted molar refractivity (Wildman–Crippen MR) is 59.0 cm³/mol. The van der Waals surface area contributed by atoms with Crippen LogP contribution >= 0.6 is 15.9 Å². The fraction of sp³-hybridized carbons (Fsp3) is 0.300. The van der Waals surface area contributed by atoms with Gasteiger partial charge in [0, 0.05) is 24.7 Å². The topological polar surface area (TPSA) is 46.3 Å². The molecule has 1 amide bonds. The van der Waals surface area contributed by atoms with E-state index in [1.54, 1.807) is 12.1 Å². The van der Waals surface area contributed by atoms with Crippen molar-refractivity contribution in [3.05, 3.63) is 28.5 Å². The fourth-order valence-electron chi connectivity index (χ4n) is 1.64. The van der Waals surface area contributed by atoms with Gasteiger partial charge in [-0.3, -0.25) is 4.79 Å². The minimum Gasteiger partial charge on any atom is -0.326 e. The highest BCUT2D eigenvalue weighted by atomic mass is 79.9. The lowest BCUT2D eigenvalue weighted by Gasteiger charge is -2.16. The highest BCUT2D eigenvalue weighted by Crippen LogP contribution is 2.25. The smallest absolute Gasteiger partial charge is 0.228 e. The Bertz CT molecular complexity index is 410. The van der Waals surface area contributed by atoms with Gasteiger partial charge in [0.05, 0.1) is 4.47 Å². The number of hydrogen-bond acceptors (Lipinski definition) is 2. The number of hydrogen-bond donors (Lipinski definition) is 1. The molecule has 15 heavy (non-hydrogen) atoms. The van der Waals surface area contributed by atoms with Crippen molar-refractivity contribution in [1.29, 1.82) is 0 Å². The van der Waals surface area contributed by atoms with E-state index in [1.807, 2.05) is 0 Å². The van der Waals surface area contributed by atoms with Crippen LogP contribution < -0.4 is 10.6 Å². The number of carbonyl (C=O) groups is 1. The molecule has 1 heterocycles. The Kier molecular flexibility index (Phi) is 2.75. The second-order valence-corrected chi connectivity index (χ2v) is 4.42. The molecule has 2 rings (SSSR count). The van der Waals surface area contributed by atoms with Crippen LogP contribution in [0, 0.1) is 5.82 Å². The fourth-order valence-corrected chi connectivity index (χ4v) is 1.88. The molecule has 0 spiro atoms. The van der Waals surface area contributed by atoms with E-state index in [0.717, 1.165) is 0 Å². The maximum atomic E-state index is 13.2. The number of benzene rings is 1. The van der Waals surface area contributed by atoms with Gasteiger partial charge in [0.2, 0.25) is 5.91 Å². The summed E-state index contributed by atoms with van der Waals surface area (Å²) in [4.78, 5) is 13.0. The van der Waals surface area contributed by atoms with Gasteiger partial charge in [0.1, 0.15) is 5.82 Å². The quantitative estimate of drug-likeness (QED) is 0.845. The molecule has 0 radical (unpaired) electrons. The van der Waals surface area contributed by atoms with Crippen molar-refractivity contribution in [2.24, 2.45) is 5.73 Å². The van der Waals surface area contributed by atoms with Crippen molar-refractivity contribution in [1.82, 2.24) is 0 Å². The average Bonchev–Trinajstić information content (AvgIpc) is 2.50. The molecule has 1 unspecified atom stereocenters. The molecule has 0 aromatic heterocycles. The standard InChI is InChI=1S/C10H10BrFN2O/c11-8-2-1-7(4-9(8)12)14-5-6(13)3-10(14)15/h1-2,4,6H,3,5,13H2.